The van der Waals surface area contributed by atoms with Crippen LogP contribution in [0.5, 0.6) is 0 Å². The summed E-state index contributed by atoms with van der Waals surface area (Å²) in [6.07, 6.45) is 0. The van der Waals surface area contributed by atoms with Crippen molar-refractivity contribution in [3.8, 4) is 22.3 Å². The molecule has 0 bridgehead atoms. The van der Waals surface area contributed by atoms with Crippen LogP contribution in [0, 0.1) is 20.2 Å². The number of hydrogen-bond acceptors (Lipinski definition) is 5. The molecule has 134 valence electrons. The van der Waals surface area contributed by atoms with Gasteiger partial charge in [0.25, 0.3) is 11.4 Å². The molecule has 0 saturated carbocycles. The van der Waals surface area contributed by atoms with Gasteiger partial charge in [0.05, 0.1) is 9.85 Å². The van der Waals surface area contributed by atoms with Crippen molar-refractivity contribution in [2.75, 3.05) is 0 Å². The predicted octanol–water partition coefficient (Wildman–Crippen LogP) is 3.94. The minimum atomic E-state index is -0.660. The Morgan fingerprint density at radius 3 is 1.93 bits per heavy atom. The Balaban J connectivity index is 2.25. The lowest BCUT2D eigenvalue weighted by atomic mass is 9.91. The second-order valence-electron chi connectivity index (χ2n) is 5.70. The molecule has 1 amide bonds. The topological polar surface area (TPSA) is 129 Å². The first-order chi connectivity index (χ1) is 12.9. The van der Waals surface area contributed by atoms with E-state index >= 15 is 0 Å². The Kier molecular flexibility index (Phi) is 4.63. The van der Waals surface area contributed by atoms with Gasteiger partial charge in [0.1, 0.15) is 0 Å². The maximum atomic E-state index is 11.8. The van der Waals surface area contributed by atoms with Crippen LogP contribution in [0.25, 0.3) is 22.3 Å². The predicted molar refractivity (Wildman–Crippen MR) is 99.1 cm³/mol. The Hall–Kier alpha value is -4.07. The molecule has 0 aromatic heterocycles. The molecule has 0 aliphatic carbocycles. The van der Waals surface area contributed by atoms with E-state index in [1.807, 2.05) is 0 Å². The highest BCUT2D eigenvalue weighted by Crippen LogP contribution is 2.37. The lowest BCUT2D eigenvalue weighted by Crippen LogP contribution is -2.12. The molecule has 2 N–H and O–H groups in total. The summed E-state index contributed by atoms with van der Waals surface area (Å²) in [5, 5.41) is 22.1. The molecular formula is C19H13N3O5. The monoisotopic (exact) mass is 363 g/mol. The van der Waals surface area contributed by atoms with Crippen LogP contribution in [-0.2, 0) is 0 Å². The van der Waals surface area contributed by atoms with Crippen molar-refractivity contribution >= 4 is 17.3 Å². The van der Waals surface area contributed by atoms with Crippen molar-refractivity contribution < 1.29 is 14.6 Å². The molecule has 8 nitrogen and oxygen atoms in total. The average molecular weight is 363 g/mol. The summed E-state index contributed by atoms with van der Waals surface area (Å²) >= 11 is 0. The summed E-state index contributed by atoms with van der Waals surface area (Å²) in [6, 6.07) is 16.6. The van der Waals surface area contributed by atoms with E-state index in [9.17, 15) is 25.0 Å². The van der Waals surface area contributed by atoms with Crippen molar-refractivity contribution in [1.82, 2.24) is 0 Å². The summed E-state index contributed by atoms with van der Waals surface area (Å²) in [4.78, 5) is 32.8. The van der Waals surface area contributed by atoms with Gasteiger partial charge in [0.2, 0.25) is 5.91 Å². The number of carbonyl (C=O) groups excluding carboxylic acids is 1. The summed E-state index contributed by atoms with van der Waals surface area (Å²) in [7, 11) is 0. The van der Waals surface area contributed by atoms with Crippen LogP contribution < -0.4 is 5.73 Å². The van der Waals surface area contributed by atoms with E-state index in [-0.39, 0.29) is 16.9 Å². The van der Waals surface area contributed by atoms with E-state index in [0.717, 1.165) is 0 Å². The fourth-order valence-electron chi connectivity index (χ4n) is 2.82. The number of non-ortho nitro benzene ring substituents is 2. The molecule has 0 aliphatic rings. The molecule has 8 heteroatoms. The number of nitro benzene ring substituents is 2. The third-order valence-corrected chi connectivity index (χ3v) is 4.09. The lowest BCUT2D eigenvalue weighted by Gasteiger charge is -2.13. The first kappa shape index (κ1) is 17.7. The highest BCUT2D eigenvalue weighted by Gasteiger charge is 2.18. The molecule has 3 rings (SSSR count). The quantitative estimate of drug-likeness (QED) is 0.542. The molecule has 0 aliphatic heterocycles. The normalized spacial score (nSPS) is 10.4. The van der Waals surface area contributed by atoms with Gasteiger partial charge in [-0.2, -0.15) is 0 Å². The zero-order valence-corrected chi connectivity index (χ0v) is 13.9. The SMILES string of the molecule is NC(=O)c1ccccc1-c1cc([N+](=O)[O-])ccc1-c1ccc([N+](=O)[O-])cc1. The van der Waals surface area contributed by atoms with Gasteiger partial charge in [-0.1, -0.05) is 18.2 Å². The van der Waals surface area contributed by atoms with Crippen molar-refractivity contribution in [1.29, 1.82) is 0 Å². The van der Waals surface area contributed by atoms with Crippen LogP contribution in [0.2, 0.25) is 0 Å². The van der Waals surface area contributed by atoms with Crippen LogP contribution in [-0.4, -0.2) is 15.8 Å². The number of nitrogens with zero attached hydrogens (tertiary/aromatic N) is 2. The average Bonchev–Trinajstić information content (AvgIpc) is 2.67. The van der Waals surface area contributed by atoms with E-state index in [0.29, 0.717) is 22.3 Å². The number of rotatable bonds is 5. The summed E-state index contributed by atoms with van der Waals surface area (Å²) in [5.41, 5.74) is 7.54. The van der Waals surface area contributed by atoms with Gasteiger partial charge < -0.3 is 5.73 Å². The first-order valence-corrected chi connectivity index (χ1v) is 7.81. The molecule has 0 radical (unpaired) electrons. The molecule has 0 saturated heterocycles. The van der Waals surface area contributed by atoms with Crippen molar-refractivity contribution in [2.24, 2.45) is 5.73 Å². The molecule has 3 aromatic carbocycles. The van der Waals surface area contributed by atoms with Crippen LogP contribution in [0.1, 0.15) is 10.4 Å². The second kappa shape index (κ2) is 7.04. The van der Waals surface area contributed by atoms with Crippen molar-refractivity contribution in [2.45, 2.75) is 0 Å². The highest BCUT2D eigenvalue weighted by molar-refractivity contribution is 6.02. The zero-order chi connectivity index (χ0) is 19.6. The summed E-state index contributed by atoms with van der Waals surface area (Å²) < 4.78 is 0. The van der Waals surface area contributed by atoms with Crippen LogP contribution in [0.4, 0.5) is 11.4 Å². The van der Waals surface area contributed by atoms with Gasteiger partial charge in [-0.05, 0) is 46.5 Å². The summed E-state index contributed by atoms with van der Waals surface area (Å²) in [5.74, 6) is -0.660. The Morgan fingerprint density at radius 1 is 0.741 bits per heavy atom. The van der Waals surface area contributed by atoms with Gasteiger partial charge in [-0.3, -0.25) is 25.0 Å². The fourth-order valence-corrected chi connectivity index (χ4v) is 2.82. The number of benzene rings is 3. The molecule has 0 spiro atoms. The fraction of sp³-hybridized carbons (Fsp3) is 0. The number of carbonyl (C=O) groups is 1. The van der Waals surface area contributed by atoms with Gasteiger partial charge in [-0.25, -0.2) is 0 Å². The van der Waals surface area contributed by atoms with E-state index in [1.54, 1.807) is 36.4 Å². The largest absolute Gasteiger partial charge is 0.366 e. The minimum absolute atomic E-state index is 0.0697. The molecule has 0 atom stereocenters. The Bertz CT molecular complexity index is 1060. The number of nitro groups is 2. The van der Waals surface area contributed by atoms with Crippen molar-refractivity contribution in [3.63, 3.8) is 0 Å². The van der Waals surface area contributed by atoms with E-state index in [2.05, 4.69) is 0 Å². The van der Waals surface area contributed by atoms with Gasteiger partial charge in [0.15, 0.2) is 0 Å². The lowest BCUT2D eigenvalue weighted by molar-refractivity contribution is -0.385. The zero-order valence-electron chi connectivity index (χ0n) is 13.9. The molecule has 27 heavy (non-hydrogen) atoms. The molecule has 0 unspecified atom stereocenters. The maximum Gasteiger partial charge on any atom is 0.270 e. The smallest absolute Gasteiger partial charge is 0.270 e. The number of nitrogens with two attached hydrogens (primary N) is 1. The van der Waals surface area contributed by atoms with E-state index < -0.39 is 15.8 Å². The van der Waals surface area contributed by atoms with Crippen molar-refractivity contribution in [3.05, 3.63) is 92.5 Å². The first-order valence-electron chi connectivity index (χ1n) is 7.81. The maximum absolute atomic E-state index is 11.8. The Labute approximate surface area is 153 Å². The number of amides is 1. The van der Waals surface area contributed by atoms with Gasteiger partial charge >= 0.3 is 0 Å². The van der Waals surface area contributed by atoms with E-state index in [4.69, 9.17) is 5.73 Å². The minimum Gasteiger partial charge on any atom is -0.366 e. The Morgan fingerprint density at radius 2 is 1.33 bits per heavy atom. The molecule has 0 fully saturated rings. The summed E-state index contributed by atoms with van der Waals surface area (Å²) in [6.45, 7) is 0. The van der Waals surface area contributed by atoms with E-state index in [1.165, 1.54) is 30.3 Å². The van der Waals surface area contributed by atoms with Crippen LogP contribution in [0.15, 0.2) is 66.7 Å². The van der Waals surface area contributed by atoms with Gasteiger partial charge in [0, 0.05) is 29.8 Å². The van der Waals surface area contributed by atoms with Crippen LogP contribution >= 0.6 is 0 Å². The van der Waals surface area contributed by atoms with Crippen LogP contribution in [0.3, 0.4) is 0 Å². The number of primary amides is 1. The molecule has 3 aromatic rings. The number of hydrogen-bond donors (Lipinski definition) is 1. The standard InChI is InChI=1S/C19H13N3O5/c20-19(23)17-4-2-1-3-16(17)18-11-14(22(26)27)9-10-15(18)12-5-7-13(8-6-12)21(24)25/h1-11H,(H2,20,23). The molecule has 0 heterocycles. The third kappa shape index (κ3) is 3.49. The third-order valence-electron chi connectivity index (χ3n) is 4.09. The van der Waals surface area contributed by atoms with Gasteiger partial charge in [-0.15, -0.1) is 0 Å². The second-order valence-corrected chi connectivity index (χ2v) is 5.70. The molecular weight excluding hydrogens is 350 g/mol. The highest BCUT2D eigenvalue weighted by atomic mass is 16.6.